The van der Waals surface area contributed by atoms with Crippen LogP contribution in [0.5, 0.6) is 5.75 Å². The van der Waals surface area contributed by atoms with E-state index in [1.54, 1.807) is 12.0 Å². The number of hydrogen-bond acceptors (Lipinski definition) is 3. The van der Waals surface area contributed by atoms with Gasteiger partial charge in [-0.3, -0.25) is 0 Å². The molecule has 0 radical (unpaired) electrons. The van der Waals surface area contributed by atoms with Gasteiger partial charge in [-0.1, -0.05) is 24.8 Å². The zero-order chi connectivity index (χ0) is 16.1. The number of carbonyl (C=O) groups is 1. The van der Waals surface area contributed by atoms with Gasteiger partial charge in [0.2, 0.25) is 0 Å². The summed E-state index contributed by atoms with van der Waals surface area (Å²) in [5.41, 5.74) is 0.790. The molecule has 0 aliphatic carbocycles. The summed E-state index contributed by atoms with van der Waals surface area (Å²) in [6, 6.07) is 11.6. The molecule has 0 aromatic heterocycles. The first-order valence-electron chi connectivity index (χ1n) is 7.32. The van der Waals surface area contributed by atoms with Crippen molar-refractivity contribution in [1.82, 2.24) is 4.90 Å². The highest BCUT2D eigenvalue weighted by atomic mass is 16.6. The standard InChI is InChI=1S/C18H21NO3/c1-5-19(6-2)18(20)22-13(3)14-7-8-16-12-17(21-4)10-9-15(16)11-14/h7-12H,3,5-6H2,1-2,4H3. The van der Waals surface area contributed by atoms with Gasteiger partial charge in [-0.2, -0.15) is 0 Å². The van der Waals surface area contributed by atoms with Crippen molar-refractivity contribution in [2.24, 2.45) is 0 Å². The Morgan fingerprint density at radius 3 is 2.36 bits per heavy atom. The van der Waals surface area contributed by atoms with Gasteiger partial charge in [-0.05, 0) is 42.8 Å². The largest absolute Gasteiger partial charge is 0.497 e. The molecule has 4 heteroatoms. The van der Waals surface area contributed by atoms with E-state index in [2.05, 4.69) is 6.58 Å². The van der Waals surface area contributed by atoms with Gasteiger partial charge in [-0.15, -0.1) is 0 Å². The van der Waals surface area contributed by atoms with Gasteiger partial charge < -0.3 is 14.4 Å². The van der Waals surface area contributed by atoms with Crippen molar-refractivity contribution in [2.45, 2.75) is 13.8 Å². The van der Waals surface area contributed by atoms with Crippen LogP contribution in [-0.2, 0) is 4.74 Å². The molecular weight excluding hydrogens is 278 g/mol. The molecule has 0 aliphatic heterocycles. The van der Waals surface area contributed by atoms with Crippen molar-refractivity contribution in [3.05, 3.63) is 48.5 Å². The first-order valence-corrected chi connectivity index (χ1v) is 7.32. The van der Waals surface area contributed by atoms with Crippen LogP contribution in [-0.4, -0.2) is 31.2 Å². The Bertz CT molecular complexity index is 690. The number of nitrogens with zero attached hydrogens (tertiary/aromatic N) is 1. The number of carbonyl (C=O) groups excluding carboxylic acids is 1. The number of benzene rings is 2. The predicted molar refractivity (Wildman–Crippen MR) is 88.9 cm³/mol. The fraction of sp³-hybridized carbons (Fsp3) is 0.278. The molecule has 0 unspecified atom stereocenters. The summed E-state index contributed by atoms with van der Waals surface area (Å²) in [4.78, 5) is 13.6. The molecule has 1 amide bonds. The molecule has 2 aromatic rings. The lowest BCUT2D eigenvalue weighted by molar-refractivity contribution is 0.148. The zero-order valence-electron chi connectivity index (χ0n) is 13.3. The van der Waals surface area contributed by atoms with E-state index in [0.717, 1.165) is 22.1 Å². The van der Waals surface area contributed by atoms with Crippen molar-refractivity contribution in [1.29, 1.82) is 0 Å². The Kier molecular flexibility index (Phi) is 5.04. The van der Waals surface area contributed by atoms with Gasteiger partial charge in [0.15, 0.2) is 0 Å². The van der Waals surface area contributed by atoms with E-state index in [1.165, 1.54) is 0 Å². The minimum absolute atomic E-state index is 0.356. The SMILES string of the molecule is C=C(OC(=O)N(CC)CC)c1ccc2cc(OC)ccc2c1. The molecule has 0 atom stereocenters. The summed E-state index contributed by atoms with van der Waals surface area (Å²) in [5, 5.41) is 2.10. The van der Waals surface area contributed by atoms with Crippen LogP contribution in [0.3, 0.4) is 0 Å². The van der Waals surface area contributed by atoms with Crippen molar-refractivity contribution in [3.8, 4) is 5.75 Å². The van der Waals surface area contributed by atoms with E-state index in [1.807, 2.05) is 50.2 Å². The lowest BCUT2D eigenvalue weighted by Crippen LogP contribution is -2.30. The van der Waals surface area contributed by atoms with Crippen molar-refractivity contribution < 1.29 is 14.3 Å². The topological polar surface area (TPSA) is 38.8 Å². The number of methoxy groups -OCH3 is 1. The molecule has 4 nitrogen and oxygen atoms in total. The van der Waals surface area contributed by atoms with Crippen LogP contribution in [0.4, 0.5) is 4.79 Å². The lowest BCUT2D eigenvalue weighted by Gasteiger charge is -2.18. The fourth-order valence-electron chi connectivity index (χ4n) is 2.23. The van der Waals surface area contributed by atoms with E-state index in [4.69, 9.17) is 9.47 Å². The molecule has 0 fully saturated rings. The highest BCUT2D eigenvalue weighted by Gasteiger charge is 2.13. The maximum Gasteiger partial charge on any atom is 0.415 e. The summed E-state index contributed by atoms with van der Waals surface area (Å²) in [6.45, 7) is 8.91. The summed E-state index contributed by atoms with van der Waals surface area (Å²) < 4.78 is 10.6. The van der Waals surface area contributed by atoms with Crippen molar-refractivity contribution in [2.75, 3.05) is 20.2 Å². The quantitative estimate of drug-likeness (QED) is 0.773. The molecule has 2 rings (SSSR count). The van der Waals surface area contributed by atoms with Gasteiger partial charge in [0.05, 0.1) is 7.11 Å². The molecule has 0 spiro atoms. The fourth-order valence-corrected chi connectivity index (χ4v) is 2.23. The molecule has 2 aromatic carbocycles. The number of rotatable bonds is 5. The van der Waals surface area contributed by atoms with Crippen LogP contribution < -0.4 is 4.74 Å². The van der Waals surface area contributed by atoms with Crippen molar-refractivity contribution in [3.63, 3.8) is 0 Å². The van der Waals surface area contributed by atoms with E-state index in [-0.39, 0.29) is 6.09 Å². The average Bonchev–Trinajstić information content (AvgIpc) is 2.54. The first-order chi connectivity index (χ1) is 10.6. The Balaban J connectivity index is 2.20. The maximum absolute atomic E-state index is 12.0. The molecule has 0 saturated heterocycles. The summed E-state index contributed by atoms with van der Waals surface area (Å²) in [5.74, 6) is 1.17. The van der Waals surface area contributed by atoms with E-state index >= 15 is 0 Å². The Morgan fingerprint density at radius 2 is 1.73 bits per heavy atom. The monoisotopic (exact) mass is 299 g/mol. The Hall–Kier alpha value is -2.49. The third-order valence-electron chi connectivity index (χ3n) is 3.60. The average molecular weight is 299 g/mol. The van der Waals surface area contributed by atoms with E-state index < -0.39 is 0 Å². The number of fused-ring (bicyclic) bond motifs is 1. The highest BCUT2D eigenvalue weighted by molar-refractivity contribution is 5.87. The molecule has 0 saturated carbocycles. The zero-order valence-corrected chi connectivity index (χ0v) is 13.3. The number of ether oxygens (including phenoxy) is 2. The Morgan fingerprint density at radius 1 is 1.09 bits per heavy atom. The smallest absolute Gasteiger partial charge is 0.415 e. The molecule has 0 bridgehead atoms. The lowest BCUT2D eigenvalue weighted by atomic mass is 10.1. The molecule has 0 heterocycles. The minimum Gasteiger partial charge on any atom is -0.497 e. The van der Waals surface area contributed by atoms with Gasteiger partial charge >= 0.3 is 6.09 Å². The third kappa shape index (κ3) is 3.39. The van der Waals surface area contributed by atoms with Crippen LogP contribution in [0.1, 0.15) is 19.4 Å². The predicted octanol–water partition coefficient (Wildman–Crippen LogP) is 4.30. The van der Waals surface area contributed by atoms with Gasteiger partial charge in [0.1, 0.15) is 11.5 Å². The van der Waals surface area contributed by atoms with Gasteiger partial charge in [0, 0.05) is 18.7 Å². The second-order valence-corrected chi connectivity index (χ2v) is 4.89. The third-order valence-corrected chi connectivity index (χ3v) is 3.60. The highest BCUT2D eigenvalue weighted by Crippen LogP contribution is 2.25. The minimum atomic E-state index is -0.371. The second kappa shape index (κ2) is 6.98. The number of hydrogen-bond donors (Lipinski definition) is 0. The normalized spacial score (nSPS) is 10.3. The van der Waals surface area contributed by atoms with Crippen LogP contribution in [0.15, 0.2) is 43.0 Å². The second-order valence-electron chi connectivity index (χ2n) is 4.89. The summed E-state index contributed by atoms with van der Waals surface area (Å²) in [7, 11) is 1.64. The molecule has 116 valence electrons. The van der Waals surface area contributed by atoms with Crippen molar-refractivity contribution >= 4 is 22.6 Å². The maximum atomic E-state index is 12.0. The van der Waals surface area contributed by atoms with Crippen LogP contribution >= 0.6 is 0 Å². The van der Waals surface area contributed by atoms with E-state index in [0.29, 0.717) is 18.8 Å². The molecule has 0 N–H and O–H groups in total. The van der Waals surface area contributed by atoms with E-state index in [9.17, 15) is 4.79 Å². The van der Waals surface area contributed by atoms with Crippen LogP contribution in [0.25, 0.3) is 16.5 Å². The molecule has 0 aliphatic rings. The van der Waals surface area contributed by atoms with Crippen LogP contribution in [0.2, 0.25) is 0 Å². The van der Waals surface area contributed by atoms with Crippen LogP contribution in [0, 0.1) is 0 Å². The number of amides is 1. The molecule has 22 heavy (non-hydrogen) atoms. The van der Waals surface area contributed by atoms with Gasteiger partial charge in [-0.25, -0.2) is 4.79 Å². The molecular formula is C18H21NO3. The van der Waals surface area contributed by atoms with Gasteiger partial charge in [0.25, 0.3) is 0 Å². The summed E-state index contributed by atoms with van der Waals surface area (Å²) >= 11 is 0. The first kappa shape index (κ1) is 15.9. The summed E-state index contributed by atoms with van der Waals surface area (Å²) in [6.07, 6.45) is -0.371. The Labute approximate surface area is 130 Å².